The van der Waals surface area contributed by atoms with E-state index in [4.69, 9.17) is 9.47 Å². The fourth-order valence-electron chi connectivity index (χ4n) is 2.40. The summed E-state index contributed by atoms with van der Waals surface area (Å²) in [4.78, 5) is 12.0. The molecule has 1 aliphatic rings. The average molecular weight is 270 g/mol. The average Bonchev–Trinajstić information content (AvgIpc) is 3.29. The number of rotatable bonds is 5. The predicted octanol–water partition coefficient (Wildman–Crippen LogP) is 3.56. The smallest absolute Gasteiger partial charge is 0.347 e. The van der Waals surface area contributed by atoms with Gasteiger partial charge in [0.15, 0.2) is 6.10 Å². The molecule has 0 aromatic heterocycles. The highest BCUT2D eigenvalue weighted by molar-refractivity contribution is 5.88. The van der Waals surface area contributed by atoms with Crippen molar-refractivity contribution in [2.24, 2.45) is 5.92 Å². The number of benzene rings is 2. The fourth-order valence-corrected chi connectivity index (χ4v) is 2.40. The van der Waals surface area contributed by atoms with Crippen molar-refractivity contribution in [2.45, 2.75) is 25.9 Å². The van der Waals surface area contributed by atoms with Crippen LogP contribution in [-0.4, -0.2) is 18.7 Å². The van der Waals surface area contributed by atoms with Crippen LogP contribution in [0.3, 0.4) is 0 Å². The lowest BCUT2D eigenvalue weighted by molar-refractivity contribution is -0.152. The van der Waals surface area contributed by atoms with E-state index in [2.05, 4.69) is 0 Å². The molecule has 1 unspecified atom stereocenters. The molecule has 104 valence electrons. The van der Waals surface area contributed by atoms with Gasteiger partial charge in [-0.25, -0.2) is 4.79 Å². The molecule has 0 aliphatic heterocycles. The highest BCUT2D eigenvalue weighted by Gasteiger charge is 2.39. The number of carbonyl (C=O) groups is 1. The Bertz CT molecular complexity index is 611. The van der Waals surface area contributed by atoms with Crippen molar-refractivity contribution in [1.82, 2.24) is 0 Å². The Kier molecular flexibility index (Phi) is 3.59. The fraction of sp³-hybridized carbons (Fsp3) is 0.353. The number of fused-ring (bicyclic) bond motifs is 1. The van der Waals surface area contributed by atoms with E-state index < -0.39 is 6.10 Å². The van der Waals surface area contributed by atoms with Crippen molar-refractivity contribution in [3.63, 3.8) is 0 Å². The zero-order chi connectivity index (χ0) is 13.9. The molecule has 1 atom stereocenters. The lowest BCUT2D eigenvalue weighted by Crippen LogP contribution is -2.31. The minimum atomic E-state index is -0.472. The van der Waals surface area contributed by atoms with E-state index >= 15 is 0 Å². The van der Waals surface area contributed by atoms with Crippen molar-refractivity contribution in [3.8, 4) is 5.75 Å². The van der Waals surface area contributed by atoms with Crippen LogP contribution in [0.15, 0.2) is 42.5 Å². The minimum absolute atomic E-state index is 0.247. The SMILES string of the molecule is CCOC(=O)C(Oc1cccc2ccccc12)C1CC1. The molecule has 2 aromatic rings. The molecule has 1 fully saturated rings. The van der Waals surface area contributed by atoms with Crippen LogP contribution in [-0.2, 0) is 9.53 Å². The normalized spacial score (nSPS) is 15.8. The van der Waals surface area contributed by atoms with Crippen LogP contribution in [0.5, 0.6) is 5.75 Å². The maximum absolute atomic E-state index is 12.0. The largest absolute Gasteiger partial charge is 0.478 e. The Balaban J connectivity index is 1.88. The molecule has 2 aromatic carbocycles. The van der Waals surface area contributed by atoms with E-state index in [0.717, 1.165) is 29.4 Å². The summed E-state index contributed by atoms with van der Waals surface area (Å²) in [6.07, 6.45) is 1.60. The van der Waals surface area contributed by atoms with E-state index in [9.17, 15) is 4.79 Å². The van der Waals surface area contributed by atoms with Crippen LogP contribution >= 0.6 is 0 Å². The minimum Gasteiger partial charge on any atom is -0.478 e. The first kappa shape index (κ1) is 13.0. The van der Waals surface area contributed by atoms with Crippen LogP contribution in [0.25, 0.3) is 10.8 Å². The molecule has 0 spiro atoms. The van der Waals surface area contributed by atoms with E-state index in [1.54, 1.807) is 0 Å². The Morgan fingerprint density at radius 2 is 1.95 bits per heavy atom. The quantitative estimate of drug-likeness (QED) is 0.779. The third kappa shape index (κ3) is 2.62. The molecule has 0 N–H and O–H groups in total. The highest BCUT2D eigenvalue weighted by atomic mass is 16.6. The number of hydrogen-bond acceptors (Lipinski definition) is 3. The summed E-state index contributed by atoms with van der Waals surface area (Å²) in [5.41, 5.74) is 0. The Morgan fingerprint density at radius 3 is 2.70 bits per heavy atom. The van der Waals surface area contributed by atoms with Crippen molar-refractivity contribution in [3.05, 3.63) is 42.5 Å². The molecule has 3 heteroatoms. The van der Waals surface area contributed by atoms with Crippen LogP contribution in [0.2, 0.25) is 0 Å². The first-order valence-corrected chi connectivity index (χ1v) is 7.10. The first-order chi connectivity index (χ1) is 9.79. The molecule has 1 aliphatic carbocycles. The van der Waals surface area contributed by atoms with Gasteiger partial charge in [-0.3, -0.25) is 0 Å². The molecule has 3 nitrogen and oxygen atoms in total. The molecule has 0 amide bonds. The summed E-state index contributed by atoms with van der Waals surface area (Å²) in [6.45, 7) is 2.21. The third-order valence-electron chi connectivity index (χ3n) is 3.57. The molecule has 0 radical (unpaired) electrons. The molecule has 0 saturated heterocycles. The molecule has 0 bridgehead atoms. The summed E-state index contributed by atoms with van der Waals surface area (Å²) in [7, 11) is 0. The summed E-state index contributed by atoms with van der Waals surface area (Å²) >= 11 is 0. The summed E-state index contributed by atoms with van der Waals surface area (Å²) < 4.78 is 11.1. The predicted molar refractivity (Wildman–Crippen MR) is 77.7 cm³/mol. The van der Waals surface area contributed by atoms with Crippen LogP contribution < -0.4 is 4.74 Å². The topological polar surface area (TPSA) is 35.5 Å². The summed E-state index contributed by atoms with van der Waals surface area (Å²) in [5.74, 6) is 0.809. The van der Waals surface area contributed by atoms with Gasteiger partial charge in [0.2, 0.25) is 0 Å². The molecule has 1 saturated carbocycles. The lowest BCUT2D eigenvalue weighted by Gasteiger charge is -2.18. The second kappa shape index (κ2) is 5.53. The van der Waals surface area contributed by atoms with Crippen molar-refractivity contribution in [2.75, 3.05) is 6.61 Å². The van der Waals surface area contributed by atoms with E-state index in [-0.39, 0.29) is 5.97 Å². The van der Waals surface area contributed by atoms with Gasteiger partial charge >= 0.3 is 5.97 Å². The van der Waals surface area contributed by atoms with Crippen LogP contribution in [0, 0.1) is 5.92 Å². The number of hydrogen-bond donors (Lipinski definition) is 0. The van der Waals surface area contributed by atoms with Gasteiger partial charge in [-0.15, -0.1) is 0 Å². The van der Waals surface area contributed by atoms with Gasteiger partial charge in [-0.1, -0.05) is 36.4 Å². The van der Waals surface area contributed by atoms with Crippen molar-refractivity contribution < 1.29 is 14.3 Å². The standard InChI is InChI=1S/C17H18O3/c1-2-19-17(18)16(13-10-11-13)20-15-9-5-7-12-6-3-4-8-14(12)15/h3-9,13,16H,2,10-11H2,1H3. The summed E-state index contributed by atoms with van der Waals surface area (Å²) in [6, 6.07) is 13.9. The third-order valence-corrected chi connectivity index (χ3v) is 3.57. The zero-order valence-electron chi connectivity index (χ0n) is 11.5. The van der Waals surface area contributed by atoms with Gasteiger partial charge in [0.1, 0.15) is 5.75 Å². The van der Waals surface area contributed by atoms with Gasteiger partial charge in [-0.2, -0.15) is 0 Å². The second-order valence-electron chi connectivity index (χ2n) is 5.11. The maximum atomic E-state index is 12.0. The van der Waals surface area contributed by atoms with E-state index in [0.29, 0.717) is 12.5 Å². The van der Waals surface area contributed by atoms with Crippen molar-refractivity contribution in [1.29, 1.82) is 0 Å². The van der Waals surface area contributed by atoms with Gasteiger partial charge < -0.3 is 9.47 Å². The number of carbonyl (C=O) groups excluding carboxylic acids is 1. The van der Waals surface area contributed by atoms with Gasteiger partial charge in [0.25, 0.3) is 0 Å². The first-order valence-electron chi connectivity index (χ1n) is 7.10. The number of esters is 1. The van der Waals surface area contributed by atoms with E-state index in [1.165, 1.54) is 0 Å². The highest BCUT2D eigenvalue weighted by Crippen LogP contribution is 2.37. The molecular weight excluding hydrogens is 252 g/mol. The van der Waals surface area contributed by atoms with Crippen molar-refractivity contribution >= 4 is 16.7 Å². The van der Waals surface area contributed by atoms with Crippen LogP contribution in [0.1, 0.15) is 19.8 Å². The summed E-state index contributed by atoms with van der Waals surface area (Å²) in [5, 5.41) is 2.15. The zero-order valence-corrected chi connectivity index (χ0v) is 11.5. The van der Waals surface area contributed by atoms with Gasteiger partial charge in [0, 0.05) is 11.3 Å². The van der Waals surface area contributed by atoms with Gasteiger partial charge in [-0.05, 0) is 31.2 Å². The van der Waals surface area contributed by atoms with Crippen LogP contribution in [0.4, 0.5) is 0 Å². The maximum Gasteiger partial charge on any atom is 0.347 e. The Hall–Kier alpha value is -2.03. The molecule has 3 rings (SSSR count). The Morgan fingerprint density at radius 1 is 1.20 bits per heavy atom. The molecular formula is C17H18O3. The Labute approximate surface area is 118 Å². The molecule has 20 heavy (non-hydrogen) atoms. The van der Waals surface area contributed by atoms with E-state index in [1.807, 2.05) is 49.4 Å². The monoisotopic (exact) mass is 270 g/mol. The number of ether oxygens (including phenoxy) is 2. The van der Waals surface area contributed by atoms with Gasteiger partial charge in [0.05, 0.1) is 6.61 Å². The molecule has 0 heterocycles. The lowest BCUT2D eigenvalue weighted by atomic mass is 10.1. The second-order valence-corrected chi connectivity index (χ2v) is 5.11.